The van der Waals surface area contributed by atoms with Gasteiger partial charge in [-0.25, -0.2) is 4.52 Å². The minimum Gasteiger partial charge on any atom is -0.346 e. The van der Waals surface area contributed by atoms with Gasteiger partial charge in [-0.05, 0) is 62.6 Å². The molecule has 1 aliphatic rings. The minimum absolute atomic E-state index is 0.116. The molecule has 9 heteroatoms. The van der Waals surface area contributed by atoms with Gasteiger partial charge in [0.1, 0.15) is 12.1 Å². The van der Waals surface area contributed by atoms with Crippen LogP contribution < -0.4 is 0 Å². The van der Waals surface area contributed by atoms with Gasteiger partial charge in [0.05, 0.1) is 35.1 Å². The Morgan fingerprint density at radius 3 is 2.55 bits per heavy atom. The SMILES string of the molecule is CC(=O)N(C)CC[C@]1(C)CC[C@H](n2ncc(-c3cc(Sc4ccccc4C#N)c4c(C#N)cnn4c3)c2C)CC1. The largest absolute Gasteiger partial charge is 0.346 e. The van der Waals surface area contributed by atoms with Crippen molar-refractivity contribution in [2.75, 3.05) is 13.6 Å². The topological polar surface area (TPSA) is 103 Å². The lowest BCUT2D eigenvalue weighted by molar-refractivity contribution is -0.127. The van der Waals surface area contributed by atoms with Gasteiger partial charge in [-0.1, -0.05) is 30.8 Å². The molecule has 1 amide bonds. The highest BCUT2D eigenvalue weighted by Crippen LogP contribution is 2.44. The van der Waals surface area contributed by atoms with E-state index in [1.54, 1.807) is 23.7 Å². The van der Waals surface area contributed by atoms with Crippen molar-refractivity contribution >= 4 is 23.2 Å². The summed E-state index contributed by atoms with van der Waals surface area (Å²) in [5.41, 5.74) is 5.16. The second kappa shape index (κ2) is 11.2. The third kappa shape index (κ3) is 5.35. The summed E-state index contributed by atoms with van der Waals surface area (Å²) in [6.45, 7) is 6.88. The second-order valence-corrected chi connectivity index (χ2v) is 12.2. The molecule has 0 bridgehead atoms. The second-order valence-electron chi connectivity index (χ2n) is 11.1. The van der Waals surface area contributed by atoms with Crippen molar-refractivity contribution in [3.8, 4) is 23.3 Å². The highest BCUT2D eigenvalue weighted by atomic mass is 32.2. The molecule has 1 aromatic carbocycles. The molecular formula is C31H33N7OS. The van der Waals surface area contributed by atoms with Crippen LogP contribution in [-0.2, 0) is 4.79 Å². The van der Waals surface area contributed by atoms with Gasteiger partial charge in [0.2, 0.25) is 5.91 Å². The van der Waals surface area contributed by atoms with E-state index in [1.807, 2.05) is 42.5 Å². The number of pyridine rings is 1. The highest BCUT2D eigenvalue weighted by Gasteiger charge is 2.33. The van der Waals surface area contributed by atoms with Gasteiger partial charge in [0.15, 0.2) is 0 Å². The van der Waals surface area contributed by atoms with Gasteiger partial charge >= 0.3 is 0 Å². The van der Waals surface area contributed by atoms with Crippen molar-refractivity contribution in [2.45, 2.75) is 68.7 Å². The Labute approximate surface area is 239 Å². The lowest BCUT2D eigenvalue weighted by Gasteiger charge is -2.38. The van der Waals surface area contributed by atoms with E-state index in [2.05, 4.69) is 41.8 Å². The standard InChI is InChI=1S/C31H33N7OS/c1-21-27(19-35-38(21)26-9-11-31(3,12-10-26)13-14-36(4)22(2)39)24-15-29(30-25(17-33)18-34-37(30)20-24)40-28-8-6-5-7-23(28)16-32/h5-8,15,18-20,26H,9-14H2,1-4H3/t26-,31+. The maximum absolute atomic E-state index is 11.6. The van der Waals surface area contributed by atoms with Gasteiger partial charge in [-0.15, -0.1) is 0 Å². The van der Waals surface area contributed by atoms with Crippen LogP contribution in [0.25, 0.3) is 16.6 Å². The van der Waals surface area contributed by atoms with E-state index >= 15 is 0 Å². The molecule has 40 heavy (non-hydrogen) atoms. The number of hydrogen-bond acceptors (Lipinski definition) is 6. The van der Waals surface area contributed by atoms with Crippen LogP contribution in [-0.4, -0.2) is 43.8 Å². The van der Waals surface area contributed by atoms with Gasteiger partial charge in [0.25, 0.3) is 0 Å². The molecule has 0 saturated heterocycles. The Balaban J connectivity index is 1.42. The summed E-state index contributed by atoms with van der Waals surface area (Å²) >= 11 is 1.47. The number of benzene rings is 1. The fourth-order valence-electron chi connectivity index (χ4n) is 5.62. The maximum Gasteiger partial charge on any atom is 0.219 e. The predicted molar refractivity (Wildman–Crippen MR) is 155 cm³/mol. The van der Waals surface area contributed by atoms with Crippen molar-refractivity contribution in [2.24, 2.45) is 5.41 Å². The van der Waals surface area contributed by atoms with E-state index in [9.17, 15) is 15.3 Å². The van der Waals surface area contributed by atoms with Crippen molar-refractivity contribution in [1.82, 2.24) is 24.3 Å². The number of fused-ring (bicyclic) bond motifs is 1. The van der Waals surface area contributed by atoms with Crippen LogP contribution in [0.1, 0.15) is 68.8 Å². The zero-order chi connectivity index (χ0) is 28.4. The van der Waals surface area contributed by atoms with E-state index < -0.39 is 0 Å². The monoisotopic (exact) mass is 551 g/mol. The number of rotatable bonds is 7. The molecule has 5 rings (SSSR count). The molecule has 0 unspecified atom stereocenters. The Morgan fingerprint density at radius 2 is 1.85 bits per heavy atom. The molecule has 3 heterocycles. The summed E-state index contributed by atoms with van der Waals surface area (Å²) in [6.07, 6.45) is 10.8. The molecule has 3 aromatic heterocycles. The molecule has 1 aliphatic carbocycles. The van der Waals surface area contributed by atoms with Crippen molar-refractivity contribution < 1.29 is 4.79 Å². The van der Waals surface area contributed by atoms with Crippen LogP contribution in [0, 0.1) is 35.0 Å². The number of aromatic nitrogens is 4. The van der Waals surface area contributed by atoms with E-state index in [0.29, 0.717) is 17.2 Å². The zero-order valence-electron chi connectivity index (χ0n) is 23.4. The first-order valence-electron chi connectivity index (χ1n) is 13.6. The normalized spacial score (nSPS) is 18.8. The molecule has 8 nitrogen and oxygen atoms in total. The Hall–Kier alpha value is -4.08. The van der Waals surface area contributed by atoms with E-state index in [1.165, 1.54) is 11.8 Å². The maximum atomic E-state index is 11.6. The van der Waals surface area contributed by atoms with E-state index in [0.717, 1.165) is 70.8 Å². The molecule has 0 N–H and O–H groups in total. The van der Waals surface area contributed by atoms with Gasteiger partial charge in [-0.3, -0.25) is 9.48 Å². The predicted octanol–water partition coefficient (Wildman–Crippen LogP) is 6.39. The molecule has 1 saturated carbocycles. The quantitative estimate of drug-likeness (QED) is 0.264. The molecule has 1 fully saturated rings. The van der Waals surface area contributed by atoms with Crippen LogP contribution in [0.2, 0.25) is 0 Å². The number of amides is 1. The van der Waals surface area contributed by atoms with Crippen molar-refractivity contribution in [1.29, 1.82) is 10.5 Å². The molecule has 0 atom stereocenters. The van der Waals surface area contributed by atoms with Crippen LogP contribution in [0.5, 0.6) is 0 Å². The van der Waals surface area contributed by atoms with Crippen LogP contribution in [0.4, 0.5) is 0 Å². The van der Waals surface area contributed by atoms with Gasteiger partial charge < -0.3 is 4.90 Å². The Kier molecular flexibility index (Phi) is 7.69. The molecule has 4 aromatic rings. The summed E-state index contributed by atoms with van der Waals surface area (Å²) in [7, 11) is 1.87. The number of carbonyl (C=O) groups is 1. The zero-order valence-corrected chi connectivity index (χ0v) is 24.2. The number of hydrogen-bond donors (Lipinski definition) is 0. The number of nitriles is 2. The first kappa shape index (κ1) is 27.5. The van der Waals surface area contributed by atoms with Gasteiger partial charge in [0, 0.05) is 53.3 Å². The third-order valence-electron chi connectivity index (χ3n) is 8.38. The first-order valence-corrected chi connectivity index (χ1v) is 14.4. The van der Waals surface area contributed by atoms with Gasteiger partial charge in [-0.2, -0.15) is 20.7 Å². The lowest BCUT2D eigenvalue weighted by atomic mass is 9.72. The van der Waals surface area contributed by atoms with Crippen LogP contribution in [0.3, 0.4) is 0 Å². The Bertz CT molecular complexity index is 1650. The molecular weight excluding hydrogens is 518 g/mol. The smallest absolute Gasteiger partial charge is 0.219 e. The number of carbonyl (C=O) groups excluding carboxylic acids is 1. The fourth-order valence-corrected chi connectivity index (χ4v) is 6.72. The Morgan fingerprint density at radius 1 is 1.12 bits per heavy atom. The lowest BCUT2D eigenvalue weighted by Crippen LogP contribution is -2.32. The van der Waals surface area contributed by atoms with Crippen molar-refractivity contribution in [3.63, 3.8) is 0 Å². The average molecular weight is 552 g/mol. The summed E-state index contributed by atoms with van der Waals surface area (Å²) in [5, 5.41) is 28.6. The van der Waals surface area contributed by atoms with Crippen LogP contribution >= 0.6 is 11.8 Å². The third-order valence-corrected chi connectivity index (χ3v) is 9.48. The first-order chi connectivity index (χ1) is 19.2. The fraction of sp³-hybridized carbons (Fsp3) is 0.387. The molecule has 0 radical (unpaired) electrons. The molecule has 0 spiro atoms. The summed E-state index contributed by atoms with van der Waals surface area (Å²) in [5.74, 6) is 0.116. The van der Waals surface area contributed by atoms with Crippen molar-refractivity contribution in [3.05, 3.63) is 65.7 Å². The average Bonchev–Trinajstić information content (AvgIpc) is 3.55. The minimum atomic E-state index is 0.116. The van der Waals surface area contributed by atoms with E-state index in [4.69, 9.17) is 5.10 Å². The summed E-state index contributed by atoms with van der Waals surface area (Å²) in [4.78, 5) is 15.1. The highest BCUT2D eigenvalue weighted by molar-refractivity contribution is 7.99. The summed E-state index contributed by atoms with van der Waals surface area (Å²) in [6, 6.07) is 14.4. The number of nitrogens with zero attached hydrogens (tertiary/aromatic N) is 7. The summed E-state index contributed by atoms with van der Waals surface area (Å²) < 4.78 is 3.93. The molecule has 0 aliphatic heterocycles. The molecule has 204 valence electrons. The van der Waals surface area contributed by atoms with Crippen LogP contribution in [0.15, 0.2) is 58.7 Å². The van der Waals surface area contributed by atoms with E-state index in [-0.39, 0.29) is 11.3 Å².